The van der Waals surface area contributed by atoms with Crippen molar-refractivity contribution in [1.82, 2.24) is 9.62 Å². The maximum absolute atomic E-state index is 12.0. The lowest BCUT2D eigenvalue weighted by atomic mass is 9.97. The lowest BCUT2D eigenvalue weighted by molar-refractivity contribution is 0.310. The van der Waals surface area contributed by atoms with Crippen LogP contribution < -0.4 is 5.32 Å². The van der Waals surface area contributed by atoms with E-state index in [1.54, 1.807) is 7.05 Å². The first-order chi connectivity index (χ1) is 7.54. The molecule has 0 aromatic heterocycles. The van der Waals surface area contributed by atoms with Gasteiger partial charge in [0.25, 0.3) is 0 Å². The van der Waals surface area contributed by atoms with E-state index in [0.29, 0.717) is 19.0 Å². The fraction of sp³-hybridized carbons (Fsp3) is 1.00. The Morgan fingerprint density at radius 2 is 1.76 bits per heavy atom. The molecule has 0 fully saturated rings. The fourth-order valence-electron chi connectivity index (χ4n) is 1.57. The first-order valence-corrected chi connectivity index (χ1v) is 7.83. The van der Waals surface area contributed by atoms with E-state index >= 15 is 0 Å². The molecule has 0 bridgehead atoms. The van der Waals surface area contributed by atoms with E-state index in [0.717, 1.165) is 6.54 Å². The summed E-state index contributed by atoms with van der Waals surface area (Å²) in [5, 5.41) is 3.22. The van der Waals surface area contributed by atoms with Gasteiger partial charge in [-0.2, -0.15) is 0 Å². The molecule has 0 saturated carbocycles. The molecule has 0 aliphatic carbocycles. The molecule has 0 rings (SSSR count). The van der Waals surface area contributed by atoms with Crippen molar-refractivity contribution in [1.29, 1.82) is 0 Å². The van der Waals surface area contributed by atoms with Gasteiger partial charge in [-0.15, -0.1) is 0 Å². The molecule has 0 spiro atoms. The minimum absolute atomic E-state index is 0.00198. The van der Waals surface area contributed by atoms with E-state index < -0.39 is 10.0 Å². The van der Waals surface area contributed by atoms with Gasteiger partial charge in [-0.1, -0.05) is 34.6 Å². The molecule has 0 heterocycles. The number of hydrogen-bond acceptors (Lipinski definition) is 3. The van der Waals surface area contributed by atoms with Crippen molar-refractivity contribution in [3.05, 3.63) is 0 Å². The number of sulfonamides is 1. The average molecular weight is 264 g/mol. The summed E-state index contributed by atoms with van der Waals surface area (Å²) in [7, 11) is -1.43. The van der Waals surface area contributed by atoms with Crippen molar-refractivity contribution < 1.29 is 8.42 Å². The molecule has 17 heavy (non-hydrogen) atoms. The second kappa shape index (κ2) is 6.71. The third kappa shape index (κ3) is 8.57. The van der Waals surface area contributed by atoms with Gasteiger partial charge < -0.3 is 5.32 Å². The minimum atomic E-state index is -3.10. The molecule has 0 unspecified atom stereocenters. The summed E-state index contributed by atoms with van der Waals surface area (Å²) in [6.07, 6.45) is 0.662. The Hall–Kier alpha value is -0.130. The molecule has 0 radical (unpaired) electrons. The maximum atomic E-state index is 12.0. The van der Waals surface area contributed by atoms with Gasteiger partial charge in [0.15, 0.2) is 0 Å². The van der Waals surface area contributed by atoms with Gasteiger partial charge in [0.2, 0.25) is 10.0 Å². The molecule has 0 atom stereocenters. The second-order valence-electron chi connectivity index (χ2n) is 6.10. The second-order valence-corrected chi connectivity index (χ2v) is 8.29. The molecule has 4 nitrogen and oxygen atoms in total. The highest BCUT2D eigenvalue weighted by Crippen LogP contribution is 2.16. The summed E-state index contributed by atoms with van der Waals surface area (Å²) in [5.41, 5.74) is -0.00198. The quantitative estimate of drug-likeness (QED) is 0.712. The molecular weight excluding hydrogens is 236 g/mol. The zero-order chi connectivity index (χ0) is 13.7. The van der Waals surface area contributed by atoms with Crippen LogP contribution in [0.15, 0.2) is 0 Å². The number of rotatable bonds is 7. The first-order valence-electron chi connectivity index (χ1n) is 6.22. The summed E-state index contributed by atoms with van der Waals surface area (Å²) in [4.78, 5) is 0. The fourth-order valence-corrected chi connectivity index (χ4v) is 2.97. The zero-order valence-corrected chi connectivity index (χ0v) is 12.9. The van der Waals surface area contributed by atoms with Crippen LogP contribution in [-0.4, -0.2) is 44.7 Å². The third-order valence-electron chi connectivity index (χ3n) is 2.30. The Morgan fingerprint density at radius 1 is 1.24 bits per heavy atom. The Morgan fingerprint density at radius 3 is 2.18 bits per heavy atom. The Kier molecular flexibility index (Phi) is 6.66. The Balaban J connectivity index is 4.11. The van der Waals surface area contributed by atoms with Crippen LogP contribution in [0.1, 0.15) is 41.0 Å². The molecule has 0 aliphatic heterocycles. The molecule has 0 aromatic carbocycles. The zero-order valence-electron chi connectivity index (χ0n) is 12.1. The van der Waals surface area contributed by atoms with Crippen LogP contribution in [0.5, 0.6) is 0 Å². The predicted molar refractivity (Wildman–Crippen MR) is 73.6 cm³/mol. The monoisotopic (exact) mass is 264 g/mol. The molecule has 0 amide bonds. The summed E-state index contributed by atoms with van der Waals surface area (Å²) in [6, 6.07) is 0.407. The molecule has 0 saturated heterocycles. The van der Waals surface area contributed by atoms with E-state index in [-0.39, 0.29) is 11.2 Å². The highest BCUT2D eigenvalue weighted by molar-refractivity contribution is 7.89. The van der Waals surface area contributed by atoms with Crippen molar-refractivity contribution in [2.75, 3.05) is 25.9 Å². The Labute approximate surface area is 107 Å². The van der Waals surface area contributed by atoms with E-state index in [9.17, 15) is 8.42 Å². The smallest absolute Gasteiger partial charge is 0.213 e. The summed E-state index contributed by atoms with van der Waals surface area (Å²) >= 11 is 0. The minimum Gasteiger partial charge on any atom is -0.314 e. The van der Waals surface area contributed by atoms with Crippen LogP contribution in [0.3, 0.4) is 0 Å². The lowest BCUT2D eigenvalue weighted by Crippen LogP contribution is -2.36. The first kappa shape index (κ1) is 16.9. The summed E-state index contributed by atoms with van der Waals surface area (Å²) in [6.45, 7) is 11.5. The molecule has 104 valence electrons. The molecular formula is C12H28N2O2S. The van der Waals surface area contributed by atoms with Crippen LogP contribution in [0.2, 0.25) is 0 Å². The molecule has 1 N–H and O–H groups in total. The standard InChI is InChI=1S/C12H28N2O2S/c1-11(2)13-8-7-9-17(15,16)14(6)10-12(3,4)5/h11,13H,7-10H2,1-6H3. The van der Waals surface area contributed by atoms with Crippen LogP contribution in [0, 0.1) is 5.41 Å². The van der Waals surface area contributed by atoms with Gasteiger partial charge in [-0.3, -0.25) is 0 Å². The van der Waals surface area contributed by atoms with Crippen molar-refractivity contribution in [2.45, 2.75) is 47.1 Å². The maximum Gasteiger partial charge on any atom is 0.213 e. The predicted octanol–water partition coefficient (Wildman–Crippen LogP) is 1.68. The van der Waals surface area contributed by atoms with Crippen molar-refractivity contribution in [3.63, 3.8) is 0 Å². The van der Waals surface area contributed by atoms with E-state index in [1.807, 2.05) is 20.8 Å². The van der Waals surface area contributed by atoms with Crippen molar-refractivity contribution in [2.24, 2.45) is 5.41 Å². The van der Waals surface area contributed by atoms with E-state index in [1.165, 1.54) is 4.31 Å². The largest absolute Gasteiger partial charge is 0.314 e. The molecule has 0 aliphatic rings. The van der Waals surface area contributed by atoms with Crippen LogP contribution in [0.25, 0.3) is 0 Å². The van der Waals surface area contributed by atoms with Gasteiger partial charge in [0.1, 0.15) is 0 Å². The normalized spacial score (nSPS) is 13.6. The number of hydrogen-bond donors (Lipinski definition) is 1. The van der Waals surface area contributed by atoms with Gasteiger partial charge in [0, 0.05) is 19.6 Å². The highest BCUT2D eigenvalue weighted by atomic mass is 32.2. The van der Waals surface area contributed by atoms with Gasteiger partial charge >= 0.3 is 0 Å². The third-order valence-corrected chi connectivity index (χ3v) is 4.19. The Bertz CT molecular complexity index is 305. The van der Waals surface area contributed by atoms with Gasteiger partial charge in [-0.25, -0.2) is 12.7 Å². The van der Waals surface area contributed by atoms with Gasteiger partial charge in [-0.05, 0) is 18.4 Å². The summed E-state index contributed by atoms with van der Waals surface area (Å²) in [5.74, 6) is 0.222. The number of nitrogens with one attached hydrogen (secondary N) is 1. The van der Waals surface area contributed by atoms with Crippen molar-refractivity contribution in [3.8, 4) is 0 Å². The van der Waals surface area contributed by atoms with E-state index in [4.69, 9.17) is 0 Å². The average Bonchev–Trinajstić information content (AvgIpc) is 2.09. The van der Waals surface area contributed by atoms with Gasteiger partial charge in [0.05, 0.1) is 5.75 Å². The number of nitrogens with zero attached hydrogens (tertiary/aromatic N) is 1. The molecule has 5 heteroatoms. The van der Waals surface area contributed by atoms with Crippen LogP contribution in [-0.2, 0) is 10.0 Å². The topological polar surface area (TPSA) is 49.4 Å². The van der Waals surface area contributed by atoms with Crippen molar-refractivity contribution >= 4 is 10.0 Å². The lowest BCUT2D eigenvalue weighted by Gasteiger charge is -2.26. The van der Waals surface area contributed by atoms with E-state index in [2.05, 4.69) is 19.2 Å². The summed E-state index contributed by atoms with van der Waals surface area (Å²) < 4.78 is 25.4. The highest BCUT2D eigenvalue weighted by Gasteiger charge is 2.22. The van der Waals surface area contributed by atoms with Crippen LogP contribution >= 0.6 is 0 Å². The molecule has 0 aromatic rings. The van der Waals surface area contributed by atoms with Crippen LogP contribution in [0.4, 0.5) is 0 Å². The SMILES string of the molecule is CC(C)NCCCS(=O)(=O)N(C)CC(C)(C)C.